The average molecular weight is 527 g/mol. The van der Waals surface area contributed by atoms with Crippen LogP contribution < -0.4 is 14.8 Å². The van der Waals surface area contributed by atoms with Crippen molar-refractivity contribution in [3.63, 3.8) is 0 Å². The van der Waals surface area contributed by atoms with Crippen molar-refractivity contribution in [2.24, 2.45) is 0 Å². The van der Waals surface area contributed by atoms with Gasteiger partial charge in [0, 0.05) is 28.4 Å². The van der Waals surface area contributed by atoms with Gasteiger partial charge in [0.1, 0.15) is 17.2 Å². The van der Waals surface area contributed by atoms with Crippen LogP contribution in [0.15, 0.2) is 66.9 Å². The van der Waals surface area contributed by atoms with E-state index in [9.17, 15) is 14.9 Å². The summed E-state index contributed by atoms with van der Waals surface area (Å²) in [6.07, 6.45) is 1.59. The second-order valence-corrected chi connectivity index (χ2v) is 8.68. The molecule has 36 heavy (non-hydrogen) atoms. The number of carbonyl (C=O) groups is 1. The minimum atomic E-state index is -0.573. The highest BCUT2D eigenvalue weighted by atomic mass is 35.5. The van der Waals surface area contributed by atoms with E-state index in [-0.39, 0.29) is 29.5 Å². The molecule has 184 valence electrons. The summed E-state index contributed by atoms with van der Waals surface area (Å²) in [4.78, 5) is 23.6. The average Bonchev–Trinajstić information content (AvgIpc) is 3.32. The first kappa shape index (κ1) is 25.0. The molecule has 0 aliphatic heterocycles. The highest BCUT2D eigenvalue weighted by Gasteiger charge is 2.16. The van der Waals surface area contributed by atoms with Gasteiger partial charge in [-0.3, -0.25) is 14.9 Å². The van der Waals surface area contributed by atoms with Crippen molar-refractivity contribution in [1.82, 2.24) is 9.78 Å². The Morgan fingerprint density at radius 3 is 2.36 bits per heavy atom. The van der Waals surface area contributed by atoms with Crippen LogP contribution >= 0.6 is 23.2 Å². The Balaban J connectivity index is 1.45. The summed E-state index contributed by atoms with van der Waals surface area (Å²) in [6, 6.07) is 15.6. The third kappa shape index (κ3) is 6.12. The van der Waals surface area contributed by atoms with E-state index in [0.29, 0.717) is 21.5 Å². The Morgan fingerprint density at radius 2 is 1.69 bits per heavy atom. The summed E-state index contributed by atoms with van der Waals surface area (Å²) in [5.74, 6) is 0.682. The van der Waals surface area contributed by atoms with Gasteiger partial charge in [0.15, 0.2) is 12.4 Å². The number of halogens is 2. The van der Waals surface area contributed by atoms with E-state index in [1.807, 2.05) is 26.0 Å². The van der Waals surface area contributed by atoms with Gasteiger partial charge in [-0.25, -0.2) is 4.68 Å². The third-order valence-electron chi connectivity index (χ3n) is 5.06. The molecule has 0 fully saturated rings. The van der Waals surface area contributed by atoms with E-state index >= 15 is 0 Å². The van der Waals surface area contributed by atoms with Crippen molar-refractivity contribution in [1.29, 1.82) is 0 Å². The summed E-state index contributed by atoms with van der Waals surface area (Å²) < 4.78 is 12.9. The summed E-state index contributed by atoms with van der Waals surface area (Å²) >= 11 is 12.1. The van der Waals surface area contributed by atoms with Crippen LogP contribution in [0.2, 0.25) is 10.0 Å². The molecule has 1 aromatic heterocycles. The molecule has 9 nitrogen and oxygen atoms in total. The van der Waals surface area contributed by atoms with E-state index < -0.39 is 10.8 Å². The molecule has 0 atom stereocenters. The lowest BCUT2D eigenvalue weighted by Crippen LogP contribution is -2.14. The Labute approximate surface area is 216 Å². The van der Waals surface area contributed by atoms with Crippen LogP contribution in [0.1, 0.15) is 21.6 Å². The van der Waals surface area contributed by atoms with Gasteiger partial charge in [-0.2, -0.15) is 5.10 Å². The lowest BCUT2D eigenvalue weighted by Gasteiger charge is -2.10. The van der Waals surface area contributed by atoms with E-state index in [1.54, 1.807) is 30.5 Å². The molecule has 3 aromatic carbocycles. The van der Waals surface area contributed by atoms with Crippen LogP contribution in [-0.4, -0.2) is 20.6 Å². The molecular formula is C25H20Cl2N4O5. The monoisotopic (exact) mass is 526 g/mol. The van der Waals surface area contributed by atoms with Crippen molar-refractivity contribution in [2.45, 2.75) is 20.6 Å². The number of hydrogen-bond donors (Lipinski definition) is 1. The number of nitrogens with zero attached hydrogens (tertiary/aromatic N) is 3. The second-order valence-electron chi connectivity index (χ2n) is 7.87. The Hall–Kier alpha value is -4.08. The molecule has 1 amide bonds. The third-order valence-corrected chi connectivity index (χ3v) is 5.90. The summed E-state index contributed by atoms with van der Waals surface area (Å²) in [5, 5.41) is 19.4. The number of amides is 1. The lowest BCUT2D eigenvalue weighted by molar-refractivity contribution is -0.384. The molecule has 11 heteroatoms. The van der Waals surface area contributed by atoms with E-state index in [4.69, 9.17) is 32.7 Å². The maximum absolute atomic E-state index is 12.7. The van der Waals surface area contributed by atoms with Gasteiger partial charge in [-0.05, 0) is 67.4 Å². The Morgan fingerprint density at radius 1 is 1.00 bits per heavy atom. The topological polar surface area (TPSA) is 109 Å². The minimum absolute atomic E-state index is 0.0731. The molecule has 1 heterocycles. The normalized spacial score (nSPS) is 10.7. The SMILES string of the molecule is Cc1cc(OCn2ccc(C(=O)Nc3cc(Oc4ccc(Cl)cc4)cc([N+](=O)[O-])c3)n2)cc(C)c1Cl. The fraction of sp³-hybridized carbons (Fsp3) is 0.120. The molecule has 0 aliphatic carbocycles. The van der Waals surface area contributed by atoms with E-state index in [0.717, 1.165) is 11.1 Å². The van der Waals surface area contributed by atoms with Gasteiger partial charge < -0.3 is 14.8 Å². The molecule has 0 aliphatic rings. The number of ether oxygens (including phenoxy) is 2. The molecule has 0 radical (unpaired) electrons. The zero-order valence-electron chi connectivity index (χ0n) is 19.2. The number of aryl methyl sites for hydroxylation is 2. The molecule has 1 N–H and O–H groups in total. The zero-order valence-corrected chi connectivity index (χ0v) is 20.7. The molecule has 4 rings (SSSR count). The van der Waals surface area contributed by atoms with Gasteiger partial charge in [-0.1, -0.05) is 23.2 Å². The van der Waals surface area contributed by atoms with Crippen molar-refractivity contribution >= 4 is 40.5 Å². The number of nitrogens with one attached hydrogen (secondary N) is 1. The van der Waals surface area contributed by atoms with Crippen LogP contribution in [0.25, 0.3) is 0 Å². The largest absolute Gasteiger partial charge is 0.471 e. The standard InChI is InChI=1S/C25H20Cl2N4O5/c1-15-9-21(10-16(2)24(15)27)35-14-30-8-7-23(29-30)25(32)28-18-11-19(31(33)34)13-22(12-18)36-20-5-3-17(26)4-6-20/h3-13H,14H2,1-2H3,(H,28,32). The molecule has 0 bridgehead atoms. The number of nitro groups is 1. The predicted octanol–water partition coefficient (Wildman–Crippen LogP) is 6.80. The molecule has 0 spiro atoms. The number of benzene rings is 3. The van der Waals surface area contributed by atoms with Gasteiger partial charge in [-0.15, -0.1) is 0 Å². The first-order valence-corrected chi connectivity index (χ1v) is 11.4. The van der Waals surface area contributed by atoms with Crippen molar-refractivity contribution in [2.75, 3.05) is 5.32 Å². The first-order chi connectivity index (χ1) is 17.2. The number of hydrogen-bond acceptors (Lipinski definition) is 6. The number of rotatable bonds is 8. The molecular weight excluding hydrogens is 507 g/mol. The zero-order chi connectivity index (χ0) is 25.8. The van der Waals surface area contributed by atoms with E-state index in [2.05, 4.69) is 10.4 Å². The summed E-state index contributed by atoms with van der Waals surface area (Å²) in [7, 11) is 0. The van der Waals surface area contributed by atoms with Gasteiger partial charge in [0.05, 0.1) is 16.7 Å². The number of nitro benzene ring substituents is 1. The molecule has 4 aromatic rings. The molecule has 0 unspecified atom stereocenters. The summed E-state index contributed by atoms with van der Waals surface area (Å²) in [6.45, 7) is 3.85. The number of carbonyl (C=O) groups excluding carboxylic acids is 1. The Bertz CT molecular complexity index is 1410. The first-order valence-electron chi connectivity index (χ1n) is 10.7. The van der Waals surface area contributed by atoms with Gasteiger partial charge >= 0.3 is 0 Å². The van der Waals surface area contributed by atoms with Crippen LogP contribution in [0.5, 0.6) is 17.2 Å². The van der Waals surface area contributed by atoms with Crippen LogP contribution in [0.3, 0.4) is 0 Å². The van der Waals surface area contributed by atoms with Crippen LogP contribution in [-0.2, 0) is 6.73 Å². The number of anilines is 1. The maximum Gasteiger partial charge on any atom is 0.276 e. The predicted molar refractivity (Wildman–Crippen MR) is 136 cm³/mol. The van der Waals surface area contributed by atoms with Crippen LogP contribution in [0.4, 0.5) is 11.4 Å². The Kier molecular flexibility index (Phi) is 7.42. The van der Waals surface area contributed by atoms with Crippen molar-refractivity contribution in [3.8, 4) is 17.2 Å². The number of aromatic nitrogens is 2. The van der Waals surface area contributed by atoms with Crippen LogP contribution in [0, 0.1) is 24.0 Å². The van der Waals surface area contributed by atoms with Crippen molar-refractivity contribution < 1.29 is 19.2 Å². The maximum atomic E-state index is 12.7. The lowest BCUT2D eigenvalue weighted by atomic mass is 10.1. The molecule has 0 saturated heterocycles. The van der Waals surface area contributed by atoms with Gasteiger partial charge in [0.25, 0.3) is 11.6 Å². The quantitative estimate of drug-likeness (QED) is 0.200. The highest BCUT2D eigenvalue weighted by Crippen LogP contribution is 2.30. The smallest absolute Gasteiger partial charge is 0.276 e. The summed E-state index contributed by atoms with van der Waals surface area (Å²) in [5.41, 5.74) is 1.82. The number of non-ortho nitro benzene ring substituents is 1. The highest BCUT2D eigenvalue weighted by molar-refractivity contribution is 6.32. The fourth-order valence-electron chi connectivity index (χ4n) is 3.34. The second kappa shape index (κ2) is 10.7. The van der Waals surface area contributed by atoms with Crippen molar-refractivity contribution in [3.05, 3.63) is 104 Å². The van der Waals surface area contributed by atoms with E-state index in [1.165, 1.54) is 28.9 Å². The fourth-order valence-corrected chi connectivity index (χ4v) is 3.57. The molecule has 0 saturated carbocycles. The van der Waals surface area contributed by atoms with Gasteiger partial charge in [0.2, 0.25) is 0 Å². The minimum Gasteiger partial charge on any atom is -0.471 e.